The third kappa shape index (κ3) is 4.45. The minimum absolute atomic E-state index is 0.187. The molecule has 6 heteroatoms. The highest BCUT2D eigenvalue weighted by molar-refractivity contribution is 6.21. The lowest BCUT2D eigenvalue weighted by Crippen LogP contribution is -2.36. The summed E-state index contributed by atoms with van der Waals surface area (Å²) in [5.74, 6) is -1.20. The van der Waals surface area contributed by atoms with Crippen LogP contribution in [-0.2, 0) is 9.59 Å². The fourth-order valence-corrected chi connectivity index (χ4v) is 2.13. The number of rotatable bonds is 4. The molecule has 0 fully saturated rings. The molecule has 25 heavy (non-hydrogen) atoms. The van der Waals surface area contributed by atoms with E-state index in [9.17, 15) is 14.9 Å². The normalized spacial score (nSPS) is 10.7. The first-order valence-corrected chi connectivity index (χ1v) is 7.56. The molecule has 6 nitrogen and oxygen atoms in total. The Hall–Kier alpha value is -3.59. The molecule has 0 aromatic heterocycles. The average molecular weight is 334 g/mol. The Bertz CT molecular complexity index is 846. The minimum Gasteiger partial charge on any atom is -0.399 e. The SMILES string of the molecule is CC(=O)N(C(=O)/C(C#N)=C\Nc1ccc(C)cc1)c1ccc(N)cc1. The van der Waals surface area contributed by atoms with Crippen LogP contribution in [0.1, 0.15) is 12.5 Å². The number of hydrogen-bond acceptors (Lipinski definition) is 5. The van der Waals surface area contributed by atoms with Crippen LogP contribution >= 0.6 is 0 Å². The van der Waals surface area contributed by atoms with E-state index in [4.69, 9.17) is 5.73 Å². The molecule has 0 atom stereocenters. The van der Waals surface area contributed by atoms with Crippen LogP contribution in [0.4, 0.5) is 17.1 Å². The van der Waals surface area contributed by atoms with Crippen molar-refractivity contribution in [3.8, 4) is 6.07 Å². The van der Waals surface area contributed by atoms with Crippen molar-refractivity contribution in [2.45, 2.75) is 13.8 Å². The van der Waals surface area contributed by atoms with Gasteiger partial charge in [0.05, 0.1) is 5.69 Å². The molecule has 0 saturated heterocycles. The van der Waals surface area contributed by atoms with E-state index in [0.29, 0.717) is 11.4 Å². The number of nitriles is 1. The molecule has 0 saturated carbocycles. The fraction of sp³-hybridized carbons (Fsp3) is 0.105. The Morgan fingerprint density at radius 3 is 2.24 bits per heavy atom. The predicted molar refractivity (Wildman–Crippen MR) is 97.5 cm³/mol. The van der Waals surface area contributed by atoms with E-state index in [2.05, 4.69) is 5.32 Å². The number of anilines is 3. The van der Waals surface area contributed by atoms with Crippen molar-refractivity contribution in [1.82, 2.24) is 0 Å². The van der Waals surface area contributed by atoms with Gasteiger partial charge in [0, 0.05) is 24.5 Å². The molecular weight excluding hydrogens is 316 g/mol. The predicted octanol–water partition coefficient (Wildman–Crippen LogP) is 2.98. The highest BCUT2D eigenvalue weighted by atomic mass is 16.2. The van der Waals surface area contributed by atoms with Crippen molar-refractivity contribution >= 4 is 28.9 Å². The zero-order valence-corrected chi connectivity index (χ0v) is 14.0. The molecule has 2 rings (SSSR count). The maximum atomic E-state index is 12.6. The topological polar surface area (TPSA) is 99.2 Å². The fourth-order valence-electron chi connectivity index (χ4n) is 2.13. The van der Waals surface area contributed by atoms with Crippen LogP contribution in [0.2, 0.25) is 0 Å². The molecule has 126 valence electrons. The molecule has 0 aliphatic carbocycles. The first-order chi connectivity index (χ1) is 11.9. The number of carbonyl (C=O) groups is 2. The van der Waals surface area contributed by atoms with Crippen LogP contribution in [0.3, 0.4) is 0 Å². The van der Waals surface area contributed by atoms with Gasteiger partial charge in [0.25, 0.3) is 5.91 Å². The summed E-state index contributed by atoms with van der Waals surface area (Å²) in [4.78, 5) is 25.5. The van der Waals surface area contributed by atoms with Gasteiger partial charge < -0.3 is 11.1 Å². The third-order valence-electron chi connectivity index (χ3n) is 3.45. The summed E-state index contributed by atoms with van der Waals surface area (Å²) >= 11 is 0. The monoisotopic (exact) mass is 334 g/mol. The molecular formula is C19H18N4O2. The number of imide groups is 1. The maximum absolute atomic E-state index is 12.6. The summed E-state index contributed by atoms with van der Waals surface area (Å²) < 4.78 is 0. The second-order valence-electron chi connectivity index (χ2n) is 5.43. The molecule has 2 aromatic rings. The first kappa shape index (κ1) is 17.8. The lowest BCUT2D eigenvalue weighted by Gasteiger charge is -2.19. The summed E-state index contributed by atoms with van der Waals surface area (Å²) in [6, 6.07) is 15.6. The van der Waals surface area contributed by atoms with E-state index in [-0.39, 0.29) is 5.57 Å². The van der Waals surface area contributed by atoms with Gasteiger partial charge in [0.2, 0.25) is 5.91 Å². The standard InChI is InChI=1S/C19H18N4O2/c1-13-3-7-17(8-4-13)22-12-15(11-20)19(25)23(14(2)24)18-9-5-16(21)6-10-18/h3-10,12,22H,21H2,1-2H3/b15-12-. The Morgan fingerprint density at radius 2 is 1.72 bits per heavy atom. The van der Waals surface area contributed by atoms with Gasteiger partial charge in [0.1, 0.15) is 11.6 Å². The molecule has 2 amide bonds. The van der Waals surface area contributed by atoms with Gasteiger partial charge in [-0.3, -0.25) is 9.59 Å². The average Bonchev–Trinajstić information content (AvgIpc) is 2.58. The van der Waals surface area contributed by atoms with Gasteiger partial charge in [-0.05, 0) is 43.3 Å². The number of nitrogens with zero attached hydrogens (tertiary/aromatic N) is 2. The highest BCUT2D eigenvalue weighted by Crippen LogP contribution is 2.19. The van der Waals surface area contributed by atoms with E-state index in [0.717, 1.165) is 16.2 Å². The molecule has 0 radical (unpaired) electrons. The molecule has 0 bridgehead atoms. The zero-order chi connectivity index (χ0) is 18.4. The second-order valence-corrected chi connectivity index (χ2v) is 5.43. The summed E-state index contributed by atoms with van der Waals surface area (Å²) in [7, 11) is 0. The molecule has 0 aliphatic rings. The van der Waals surface area contributed by atoms with Crippen molar-refractivity contribution in [3.05, 3.63) is 65.9 Å². The molecule has 0 unspecified atom stereocenters. The molecule has 0 spiro atoms. The van der Waals surface area contributed by atoms with Gasteiger partial charge in [-0.15, -0.1) is 0 Å². The second kappa shape index (κ2) is 7.79. The Morgan fingerprint density at radius 1 is 1.12 bits per heavy atom. The lowest BCUT2D eigenvalue weighted by atomic mass is 10.2. The highest BCUT2D eigenvalue weighted by Gasteiger charge is 2.23. The van der Waals surface area contributed by atoms with E-state index < -0.39 is 11.8 Å². The summed E-state index contributed by atoms with van der Waals surface area (Å²) in [5.41, 5.74) is 8.12. The Balaban J connectivity index is 2.27. The number of hydrogen-bond donors (Lipinski definition) is 2. The number of aryl methyl sites for hydroxylation is 1. The van der Waals surface area contributed by atoms with E-state index in [1.807, 2.05) is 37.3 Å². The van der Waals surface area contributed by atoms with E-state index in [1.165, 1.54) is 13.1 Å². The van der Waals surface area contributed by atoms with E-state index in [1.54, 1.807) is 24.3 Å². The Labute approximate surface area is 146 Å². The molecule has 0 heterocycles. The first-order valence-electron chi connectivity index (χ1n) is 7.56. The number of nitrogen functional groups attached to an aromatic ring is 1. The van der Waals surface area contributed by atoms with Crippen molar-refractivity contribution in [2.24, 2.45) is 0 Å². The van der Waals surface area contributed by atoms with Gasteiger partial charge in [-0.25, -0.2) is 4.90 Å². The van der Waals surface area contributed by atoms with Gasteiger partial charge in [-0.2, -0.15) is 5.26 Å². The van der Waals surface area contributed by atoms with Crippen LogP contribution in [0.5, 0.6) is 0 Å². The quantitative estimate of drug-likeness (QED) is 0.509. The maximum Gasteiger partial charge on any atom is 0.277 e. The van der Waals surface area contributed by atoms with Crippen LogP contribution < -0.4 is 16.0 Å². The van der Waals surface area contributed by atoms with Gasteiger partial charge in [0.15, 0.2) is 0 Å². The number of amides is 2. The van der Waals surface area contributed by atoms with Gasteiger partial charge >= 0.3 is 0 Å². The van der Waals surface area contributed by atoms with Crippen LogP contribution in [0.25, 0.3) is 0 Å². The number of carbonyl (C=O) groups excluding carboxylic acids is 2. The van der Waals surface area contributed by atoms with Crippen LogP contribution in [0.15, 0.2) is 60.3 Å². The Kier molecular flexibility index (Phi) is 5.54. The van der Waals surface area contributed by atoms with Crippen molar-refractivity contribution in [3.63, 3.8) is 0 Å². The summed E-state index contributed by atoms with van der Waals surface area (Å²) in [6.07, 6.45) is 1.29. The summed E-state index contributed by atoms with van der Waals surface area (Å²) in [6.45, 7) is 3.22. The van der Waals surface area contributed by atoms with Crippen molar-refractivity contribution < 1.29 is 9.59 Å². The minimum atomic E-state index is -0.709. The van der Waals surface area contributed by atoms with Gasteiger partial charge in [-0.1, -0.05) is 17.7 Å². The van der Waals surface area contributed by atoms with Crippen LogP contribution in [0, 0.1) is 18.3 Å². The molecule has 3 N–H and O–H groups in total. The third-order valence-corrected chi connectivity index (χ3v) is 3.45. The number of nitrogens with two attached hydrogens (primary N) is 1. The summed E-state index contributed by atoms with van der Waals surface area (Å²) in [5, 5.41) is 12.2. The zero-order valence-electron chi connectivity index (χ0n) is 14.0. The number of benzene rings is 2. The molecule has 0 aliphatic heterocycles. The number of nitrogens with one attached hydrogen (secondary N) is 1. The van der Waals surface area contributed by atoms with Crippen molar-refractivity contribution in [2.75, 3.05) is 16.0 Å². The smallest absolute Gasteiger partial charge is 0.277 e. The van der Waals surface area contributed by atoms with Crippen LogP contribution in [-0.4, -0.2) is 11.8 Å². The largest absolute Gasteiger partial charge is 0.399 e. The van der Waals surface area contributed by atoms with Crippen molar-refractivity contribution in [1.29, 1.82) is 5.26 Å². The lowest BCUT2D eigenvalue weighted by molar-refractivity contribution is -0.123. The van der Waals surface area contributed by atoms with E-state index >= 15 is 0 Å². The molecule has 2 aromatic carbocycles.